The fraction of sp³-hybridized carbons (Fsp3) is 0.421. The van der Waals surface area contributed by atoms with E-state index in [0.717, 1.165) is 0 Å². The third-order valence-electron chi connectivity index (χ3n) is 4.21. The van der Waals surface area contributed by atoms with Crippen molar-refractivity contribution in [2.75, 3.05) is 19.6 Å². The largest absolute Gasteiger partial charge is 0.383 e. The van der Waals surface area contributed by atoms with E-state index in [9.17, 15) is 5.11 Å². The summed E-state index contributed by atoms with van der Waals surface area (Å²) in [7, 11) is 1.81. The number of rotatable bonds is 8. The molecular formula is C19H26N8O2. The van der Waals surface area contributed by atoms with Crippen molar-refractivity contribution in [3.8, 4) is 11.6 Å². The SMILES string of the molecule is CCNC(=NCC(C)(O)c1cnn(C)c1)NCCc1noc(-c2ccccn2)n1. The van der Waals surface area contributed by atoms with Gasteiger partial charge in [0.25, 0.3) is 5.89 Å². The molecule has 0 bridgehead atoms. The third-order valence-corrected chi connectivity index (χ3v) is 4.21. The maximum atomic E-state index is 10.7. The van der Waals surface area contributed by atoms with Crippen LogP contribution in [0.3, 0.4) is 0 Å². The Morgan fingerprint density at radius 2 is 2.21 bits per heavy atom. The van der Waals surface area contributed by atoms with Gasteiger partial charge in [-0.05, 0) is 26.0 Å². The highest BCUT2D eigenvalue weighted by atomic mass is 16.5. The first kappa shape index (κ1) is 20.5. The summed E-state index contributed by atoms with van der Waals surface area (Å²) in [4.78, 5) is 13.0. The minimum atomic E-state index is -1.11. The van der Waals surface area contributed by atoms with Gasteiger partial charge < -0.3 is 20.3 Å². The third kappa shape index (κ3) is 5.61. The first-order chi connectivity index (χ1) is 14.0. The molecule has 29 heavy (non-hydrogen) atoms. The molecule has 0 aliphatic rings. The molecular weight excluding hydrogens is 372 g/mol. The number of nitrogens with zero attached hydrogens (tertiary/aromatic N) is 6. The molecule has 3 heterocycles. The molecule has 3 rings (SSSR count). The van der Waals surface area contributed by atoms with Crippen LogP contribution in [0.4, 0.5) is 0 Å². The van der Waals surface area contributed by atoms with Crippen molar-refractivity contribution < 1.29 is 9.63 Å². The molecule has 3 aromatic heterocycles. The van der Waals surface area contributed by atoms with Gasteiger partial charge in [0.05, 0.1) is 12.7 Å². The molecule has 10 heteroatoms. The van der Waals surface area contributed by atoms with E-state index in [1.54, 1.807) is 30.2 Å². The zero-order chi connectivity index (χ0) is 20.7. The first-order valence-corrected chi connectivity index (χ1v) is 9.45. The quantitative estimate of drug-likeness (QED) is 0.377. The summed E-state index contributed by atoms with van der Waals surface area (Å²) in [5.74, 6) is 1.58. The number of aromatic nitrogens is 5. The Morgan fingerprint density at radius 1 is 1.34 bits per heavy atom. The summed E-state index contributed by atoms with van der Waals surface area (Å²) in [5.41, 5.74) is 0.252. The second kappa shape index (κ2) is 9.28. The van der Waals surface area contributed by atoms with E-state index in [1.807, 2.05) is 32.2 Å². The van der Waals surface area contributed by atoms with Gasteiger partial charge in [0.2, 0.25) is 0 Å². The van der Waals surface area contributed by atoms with Gasteiger partial charge in [0.1, 0.15) is 11.3 Å². The molecule has 0 aliphatic heterocycles. The minimum absolute atomic E-state index is 0.195. The number of hydrogen-bond acceptors (Lipinski definition) is 7. The molecule has 0 radical (unpaired) electrons. The highest BCUT2D eigenvalue weighted by molar-refractivity contribution is 5.79. The van der Waals surface area contributed by atoms with Crippen molar-refractivity contribution in [1.29, 1.82) is 0 Å². The zero-order valence-corrected chi connectivity index (χ0v) is 16.8. The number of pyridine rings is 1. The van der Waals surface area contributed by atoms with Crippen molar-refractivity contribution in [2.45, 2.75) is 25.9 Å². The maximum absolute atomic E-state index is 10.7. The highest BCUT2D eigenvalue weighted by Crippen LogP contribution is 2.19. The second-order valence-corrected chi connectivity index (χ2v) is 6.78. The van der Waals surface area contributed by atoms with Crippen molar-refractivity contribution >= 4 is 5.96 Å². The van der Waals surface area contributed by atoms with Crippen LogP contribution in [-0.2, 0) is 19.1 Å². The second-order valence-electron chi connectivity index (χ2n) is 6.78. The summed E-state index contributed by atoms with van der Waals surface area (Å²) in [6, 6.07) is 5.52. The normalized spacial score (nSPS) is 13.9. The Labute approximate surface area is 169 Å². The smallest absolute Gasteiger partial charge is 0.276 e. The van der Waals surface area contributed by atoms with Crippen LogP contribution in [0, 0.1) is 0 Å². The van der Waals surface area contributed by atoms with E-state index in [2.05, 4.69) is 35.8 Å². The summed E-state index contributed by atoms with van der Waals surface area (Å²) in [5, 5.41) is 25.1. The summed E-state index contributed by atoms with van der Waals surface area (Å²) < 4.78 is 6.91. The van der Waals surface area contributed by atoms with Crippen LogP contribution in [0.2, 0.25) is 0 Å². The highest BCUT2D eigenvalue weighted by Gasteiger charge is 2.24. The molecule has 154 valence electrons. The topological polar surface area (TPSA) is 126 Å². The van der Waals surface area contributed by atoms with Gasteiger partial charge >= 0.3 is 0 Å². The maximum Gasteiger partial charge on any atom is 0.276 e. The van der Waals surface area contributed by atoms with Gasteiger partial charge in [-0.1, -0.05) is 11.2 Å². The molecule has 10 nitrogen and oxygen atoms in total. The molecule has 0 amide bonds. The van der Waals surface area contributed by atoms with Crippen molar-refractivity contribution in [3.05, 3.63) is 48.2 Å². The zero-order valence-electron chi connectivity index (χ0n) is 16.8. The van der Waals surface area contributed by atoms with Crippen molar-refractivity contribution in [1.82, 2.24) is 35.5 Å². The average molecular weight is 398 g/mol. The van der Waals surface area contributed by atoms with Crippen molar-refractivity contribution in [3.63, 3.8) is 0 Å². The van der Waals surface area contributed by atoms with E-state index in [4.69, 9.17) is 4.52 Å². The van der Waals surface area contributed by atoms with E-state index >= 15 is 0 Å². The number of aryl methyl sites for hydroxylation is 1. The van der Waals surface area contributed by atoms with E-state index in [0.29, 0.717) is 48.4 Å². The monoisotopic (exact) mass is 398 g/mol. The lowest BCUT2D eigenvalue weighted by molar-refractivity contribution is 0.0672. The van der Waals surface area contributed by atoms with Crippen LogP contribution in [0.15, 0.2) is 46.3 Å². The number of aliphatic hydroxyl groups is 1. The number of aliphatic imine (C=N–C) groups is 1. The Bertz CT molecular complexity index is 933. The lowest BCUT2D eigenvalue weighted by atomic mass is 10.0. The first-order valence-electron chi connectivity index (χ1n) is 9.45. The van der Waals surface area contributed by atoms with Crippen LogP contribution in [0.5, 0.6) is 0 Å². The van der Waals surface area contributed by atoms with Gasteiger partial charge in [0, 0.05) is 44.5 Å². The Kier molecular flexibility index (Phi) is 6.55. The van der Waals surface area contributed by atoms with E-state index in [1.165, 1.54) is 0 Å². The predicted octanol–water partition coefficient (Wildman–Crippen LogP) is 0.870. The standard InChI is InChI=1S/C19H26N8O2/c1-4-20-18(23-13-19(2,28)14-11-24-27(3)12-14)22-10-8-16-25-17(29-26-16)15-7-5-6-9-21-15/h5-7,9,11-12,28H,4,8,10,13H2,1-3H3,(H2,20,22,23). The predicted molar refractivity (Wildman–Crippen MR) is 108 cm³/mol. The minimum Gasteiger partial charge on any atom is -0.383 e. The molecule has 0 spiro atoms. The fourth-order valence-electron chi connectivity index (χ4n) is 2.61. The molecule has 1 unspecified atom stereocenters. The van der Waals surface area contributed by atoms with Crippen LogP contribution in [0.25, 0.3) is 11.6 Å². The molecule has 0 aromatic carbocycles. The van der Waals surface area contributed by atoms with Crippen molar-refractivity contribution in [2.24, 2.45) is 12.0 Å². The summed E-state index contributed by atoms with van der Waals surface area (Å²) in [6.07, 6.45) is 5.66. The molecule has 0 saturated heterocycles. The van der Waals surface area contributed by atoms with Gasteiger partial charge in [-0.2, -0.15) is 10.1 Å². The van der Waals surface area contributed by atoms with E-state index < -0.39 is 5.60 Å². The molecule has 0 fully saturated rings. The van der Waals surface area contributed by atoms with Gasteiger partial charge in [-0.3, -0.25) is 9.67 Å². The number of hydrogen-bond donors (Lipinski definition) is 3. The lowest BCUT2D eigenvalue weighted by Crippen LogP contribution is -2.39. The van der Waals surface area contributed by atoms with Crippen LogP contribution >= 0.6 is 0 Å². The Morgan fingerprint density at radius 3 is 2.90 bits per heavy atom. The molecule has 0 saturated carbocycles. The summed E-state index contributed by atoms with van der Waals surface area (Å²) >= 11 is 0. The number of guanidine groups is 1. The average Bonchev–Trinajstić information content (AvgIpc) is 3.36. The molecule has 1 atom stereocenters. The van der Waals surface area contributed by atoms with E-state index in [-0.39, 0.29) is 6.54 Å². The number of nitrogens with one attached hydrogen (secondary N) is 2. The molecule has 3 N–H and O–H groups in total. The van der Waals surface area contributed by atoms with Crippen LogP contribution < -0.4 is 10.6 Å². The summed E-state index contributed by atoms with van der Waals surface area (Å²) in [6.45, 7) is 5.15. The van der Waals surface area contributed by atoms with Gasteiger partial charge in [-0.15, -0.1) is 0 Å². The fourth-order valence-corrected chi connectivity index (χ4v) is 2.61. The Balaban J connectivity index is 1.55. The van der Waals surface area contributed by atoms with Crippen LogP contribution in [-0.4, -0.2) is 55.6 Å². The molecule has 0 aliphatic carbocycles. The van der Waals surface area contributed by atoms with Gasteiger partial charge in [0.15, 0.2) is 11.8 Å². The lowest BCUT2D eigenvalue weighted by Gasteiger charge is -2.20. The van der Waals surface area contributed by atoms with Gasteiger partial charge in [-0.25, -0.2) is 4.99 Å². The Hall–Kier alpha value is -3.27. The van der Waals surface area contributed by atoms with Crippen LogP contribution in [0.1, 0.15) is 25.2 Å². The molecule has 3 aromatic rings.